The molecule has 0 fully saturated rings. The SMILES string of the molecule is O=C(NCC(OC(F)(F)F)c1ccccc1)c1ccc(Oc2cc3c(cc2Cl)C(C(=O)O)CCO3)cc1. The number of ether oxygens (including phenoxy) is 3. The van der Waals surface area contributed by atoms with Crippen molar-refractivity contribution in [2.45, 2.75) is 24.8 Å². The molecule has 1 amide bonds. The first kappa shape index (κ1) is 26.3. The Balaban J connectivity index is 1.42. The minimum atomic E-state index is -4.87. The van der Waals surface area contributed by atoms with E-state index < -0.39 is 36.8 Å². The number of amides is 1. The molecule has 0 saturated carbocycles. The molecule has 0 aromatic heterocycles. The van der Waals surface area contributed by atoms with Gasteiger partial charge >= 0.3 is 12.3 Å². The van der Waals surface area contributed by atoms with E-state index in [0.717, 1.165) is 0 Å². The van der Waals surface area contributed by atoms with Crippen molar-refractivity contribution in [2.75, 3.05) is 13.2 Å². The Bertz CT molecular complexity index is 1270. The first-order chi connectivity index (χ1) is 17.6. The molecule has 194 valence electrons. The summed E-state index contributed by atoms with van der Waals surface area (Å²) in [7, 11) is 0. The molecule has 0 spiro atoms. The summed E-state index contributed by atoms with van der Waals surface area (Å²) in [4.78, 5) is 24.0. The van der Waals surface area contributed by atoms with Gasteiger partial charge in [0.1, 0.15) is 23.4 Å². The predicted octanol–water partition coefficient (Wildman–Crippen LogP) is 6.09. The van der Waals surface area contributed by atoms with Crippen LogP contribution in [0.15, 0.2) is 66.7 Å². The summed E-state index contributed by atoms with van der Waals surface area (Å²) in [5.41, 5.74) is 0.922. The van der Waals surface area contributed by atoms with Crippen molar-refractivity contribution in [3.05, 3.63) is 88.4 Å². The number of benzene rings is 3. The number of alkyl halides is 3. The second kappa shape index (κ2) is 11.1. The molecule has 2 unspecified atom stereocenters. The summed E-state index contributed by atoms with van der Waals surface area (Å²) in [6.07, 6.45) is -5.96. The lowest BCUT2D eigenvalue weighted by molar-refractivity contribution is -0.343. The van der Waals surface area contributed by atoms with Crippen molar-refractivity contribution >= 4 is 23.5 Å². The highest BCUT2D eigenvalue weighted by Crippen LogP contribution is 2.41. The molecule has 2 N–H and O–H groups in total. The largest absolute Gasteiger partial charge is 0.523 e. The van der Waals surface area contributed by atoms with Crippen LogP contribution in [0.1, 0.15) is 39.9 Å². The van der Waals surface area contributed by atoms with E-state index in [2.05, 4.69) is 10.1 Å². The Kier molecular flexibility index (Phi) is 7.89. The van der Waals surface area contributed by atoms with Gasteiger partial charge in [0.25, 0.3) is 5.91 Å². The zero-order valence-corrected chi connectivity index (χ0v) is 19.9. The second-order valence-electron chi connectivity index (χ2n) is 8.15. The van der Waals surface area contributed by atoms with E-state index in [-0.39, 0.29) is 28.5 Å². The second-order valence-corrected chi connectivity index (χ2v) is 8.55. The maximum atomic E-state index is 12.8. The van der Waals surface area contributed by atoms with Crippen molar-refractivity contribution in [3.63, 3.8) is 0 Å². The van der Waals surface area contributed by atoms with Gasteiger partial charge in [-0.1, -0.05) is 41.9 Å². The quantitative estimate of drug-likeness (QED) is 0.362. The average Bonchev–Trinajstić information content (AvgIpc) is 2.86. The van der Waals surface area contributed by atoms with E-state index in [9.17, 15) is 27.9 Å². The molecular weight excluding hydrogens is 515 g/mol. The van der Waals surface area contributed by atoms with Gasteiger partial charge in [0.05, 0.1) is 17.5 Å². The van der Waals surface area contributed by atoms with E-state index in [1.54, 1.807) is 18.2 Å². The number of rotatable bonds is 8. The van der Waals surface area contributed by atoms with E-state index in [0.29, 0.717) is 23.5 Å². The molecule has 0 bridgehead atoms. The number of carboxylic acid groups (broad SMARTS) is 1. The molecule has 1 aliphatic rings. The number of fused-ring (bicyclic) bond motifs is 1. The summed E-state index contributed by atoms with van der Waals surface area (Å²) in [6.45, 7) is -0.156. The highest BCUT2D eigenvalue weighted by atomic mass is 35.5. The fourth-order valence-electron chi connectivity index (χ4n) is 3.87. The molecule has 0 radical (unpaired) electrons. The first-order valence-corrected chi connectivity index (χ1v) is 11.5. The van der Waals surface area contributed by atoms with Crippen molar-refractivity contribution in [2.24, 2.45) is 0 Å². The smallest absolute Gasteiger partial charge is 0.493 e. The normalized spacial score (nSPS) is 15.7. The number of carbonyl (C=O) groups excluding carboxylic acids is 1. The van der Waals surface area contributed by atoms with Crippen LogP contribution >= 0.6 is 11.6 Å². The molecular formula is C26H21ClF3NO6. The standard InChI is InChI=1S/C26H21ClF3NO6/c27-20-12-19-18(25(33)34)10-11-35-21(19)13-22(20)36-17-8-6-16(7-9-17)24(32)31-14-23(37-26(28,29)30)15-4-2-1-3-5-15/h1-9,12-13,18,23H,10-11,14H2,(H,31,32)(H,33,34). The Morgan fingerprint density at radius 1 is 1.11 bits per heavy atom. The molecule has 3 aromatic rings. The van der Waals surface area contributed by atoms with Crippen molar-refractivity contribution < 1.29 is 42.1 Å². The third kappa shape index (κ3) is 6.72. The van der Waals surface area contributed by atoms with Gasteiger partial charge in [-0.05, 0) is 42.3 Å². The van der Waals surface area contributed by atoms with E-state index >= 15 is 0 Å². The molecule has 7 nitrogen and oxygen atoms in total. The topological polar surface area (TPSA) is 94.1 Å². The van der Waals surface area contributed by atoms with Gasteiger partial charge in [0, 0.05) is 23.7 Å². The molecule has 37 heavy (non-hydrogen) atoms. The summed E-state index contributed by atoms with van der Waals surface area (Å²) >= 11 is 6.30. The zero-order chi connectivity index (χ0) is 26.6. The van der Waals surface area contributed by atoms with Crippen LogP contribution in [0.25, 0.3) is 0 Å². The van der Waals surface area contributed by atoms with Gasteiger partial charge in [0.15, 0.2) is 0 Å². The molecule has 1 aliphatic heterocycles. The molecule has 2 atom stereocenters. The fraction of sp³-hybridized carbons (Fsp3) is 0.231. The van der Waals surface area contributed by atoms with Gasteiger partial charge in [-0.2, -0.15) is 0 Å². The van der Waals surface area contributed by atoms with Gasteiger partial charge < -0.3 is 19.9 Å². The molecule has 3 aromatic carbocycles. The summed E-state index contributed by atoms with van der Waals surface area (Å²) in [6, 6.07) is 16.7. The number of hydrogen-bond acceptors (Lipinski definition) is 5. The molecule has 0 aliphatic carbocycles. The number of nitrogens with one attached hydrogen (secondary N) is 1. The monoisotopic (exact) mass is 535 g/mol. The Morgan fingerprint density at radius 2 is 1.81 bits per heavy atom. The highest BCUT2D eigenvalue weighted by molar-refractivity contribution is 6.32. The van der Waals surface area contributed by atoms with Crippen LogP contribution < -0.4 is 14.8 Å². The summed E-state index contributed by atoms with van der Waals surface area (Å²) in [5, 5.41) is 12.1. The van der Waals surface area contributed by atoms with Gasteiger partial charge in [-0.15, -0.1) is 13.2 Å². The number of hydrogen-bond donors (Lipinski definition) is 2. The van der Waals surface area contributed by atoms with Crippen LogP contribution in [0.4, 0.5) is 13.2 Å². The minimum absolute atomic E-state index is 0.189. The summed E-state index contributed by atoms with van der Waals surface area (Å²) < 4.78 is 54.1. The molecule has 11 heteroatoms. The van der Waals surface area contributed by atoms with Crippen LogP contribution in [0.2, 0.25) is 5.02 Å². The number of halogens is 4. The van der Waals surface area contributed by atoms with Crippen LogP contribution in [-0.4, -0.2) is 36.5 Å². The Hall–Kier alpha value is -3.76. The number of aliphatic carboxylic acids is 1. The first-order valence-electron chi connectivity index (χ1n) is 11.2. The molecule has 1 heterocycles. The maximum absolute atomic E-state index is 12.8. The summed E-state index contributed by atoms with van der Waals surface area (Å²) in [5.74, 6) is -1.37. The van der Waals surface area contributed by atoms with E-state index in [4.69, 9.17) is 21.1 Å². The van der Waals surface area contributed by atoms with Crippen LogP contribution in [0.3, 0.4) is 0 Å². The van der Waals surface area contributed by atoms with Gasteiger partial charge in [-0.25, -0.2) is 0 Å². The third-order valence-corrected chi connectivity index (χ3v) is 5.94. The van der Waals surface area contributed by atoms with Crippen LogP contribution in [0, 0.1) is 0 Å². The molecule has 4 rings (SSSR count). The molecule has 0 saturated heterocycles. The lowest BCUT2D eigenvalue weighted by Gasteiger charge is -2.24. The predicted molar refractivity (Wildman–Crippen MR) is 127 cm³/mol. The van der Waals surface area contributed by atoms with Crippen molar-refractivity contribution in [3.8, 4) is 17.2 Å². The van der Waals surface area contributed by atoms with Crippen LogP contribution in [-0.2, 0) is 9.53 Å². The lowest BCUT2D eigenvalue weighted by Crippen LogP contribution is -2.32. The minimum Gasteiger partial charge on any atom is -0.493 e. The Labute approximate surface area is 214 Å². The van der Waals surface area contributed by atoms with Crippen molar-refractivity contribution in [1.82, 2.24) is 5.32 Å². The zero-order valence-electron chi connectivity index (χ0n) is 19.1. The van der Waals surface area contributed by atoms with Gasteiger partial charge in [-0.3, -0.25) is 14.3 Å². The van der Waals surface area contributed by atoms with Crippen LogP contribution in [0.5, 0.6) is 17.2 Å². The Morgan fingerprint density at radius 3 is 2.46 bits per heavy atom. The fourth-order valence-corrected chi connectivity index (χ4v) is 4.08. The average molecular weight is 536 g/mol. The number of carbonyl (C=O) groups is 2. The van der Waals surface area contributed by atoms with Gasteiger partial charge in [0.2, 0.25) is 0 Å². The van der Waals surface area contributed by atoms with E-state index in [1.165, 1.54) is 48.5 Å². The highest BCUT2D eigenvalue weighted by Gasteiger charge is 2.34. The van der Waals surface area contributed by atoms with E-state index in [1.807, 2.05) is 0 Å². The van der Waals surface area contributed by atoms with Crippen molar-refractivity contribution in [1.29, 1.82) is 0 Å². The third-order valence-electron chi connectivity index (χ3n) is 5.64. The number of carboxylic acids is 1. The lowest BCUT2D eigenvalue weighted by atomic mass is 9.93. The maximum Gasteiger partial charge on any atom is 0.523 e.